The Hall–Kier alpha value is -4.71. The lowest BCUT2D eigenvalue weighted by Gasteiger charge is -2.38. The van der Waals surface area contributed by atoms with Crippen LogP contribution in [0.3, 0.4) is 0 Å². The van der Waals surface area contributed by atoms with Crippen LogP contribution in [-0.4, -0.2) is 24.9 Å². The summed E-state index contributed by atoms with van der Waals surface area (Å²) in [5.74, 6) is -2.93. The number of fused-ring (bicyclic) bond motifs is 7. The summed E-state index contributed by atoms with van der Waals surface area (Å²) in [6.45, 7) is 1.87. The van der Waals surface area contributed by atoms with Crippen molar-refractivity contribution in [2.75, 3.05) is 12.0 Å². The Labute approximate surface area is 225 Å². The van der Waals surface area contributed by atoms with Crippen molar-refractivity contribution >= 4 is 39.8 Å². The van der Waals surface area contributed by atoms with E-state index in [-0.39, 0.29) is 11.8 Å². The maximum atomic E-state index is 14.2. The molecular weight excluding hydrogens is 490 g/mol. The molecule has 39 heavy (non-hydrogen) atoms. The lowest BCUT2D eigenvalue weighted by molar-refractivity contribution is -0.142. The number of para-hydroxylation sites is 1. The van der Waals surface area contributed by atoms with Crippen molar-refractivity contribution in [3.05, 3.63) is 108 Å². The SMILES string of the molecule is COc1ccc([C@@H]2C=C3c4c(ccc5ccccc45)OC(=O)[C@@H]3[C@H]3C(=O)N(c4ccccc4C)C(=O)[C@H]32)cc1. The molecule has 4 aromatic carbocycles. The second kappa shape index (κ2) is 8.67. The number of benzene rings is 4. The van der Waals surface area contributed by atoms with Gasteiger partial charge in [-0.1, -0.05) is 66.7 Å². The lowest BCUT2D eigenvalue weighted by Crippen LogP contribution is -2.42. The van der Waals surface area contributed by atoms with E-state index in [4.69, 9.17) is 9.47 Å². The van der Waals surface area contributed by atoms with Crippen LogP contribution < -0.4 is 14.4 Å². The molecule has 1 saturated heterocycles. The van der Waals surface area contributed by atoms with E-state index in [0.29, 0.717) is 17.2 Å². The van der Waals surface area contributed by atoms with Gasteiger partial charge in [0.1, 0.15) is 11.5 Å². The fourth-order valence-electron chi connectivity index (χ4n) is 6.54. The van der Waals surface area contributed by atoms with Gasteiger partial charge in [-0.15, -0.1) is 0 Å². The van der Waals surface area contributed by atoms with Crippen LogP contribution in [0.1, 0.15) is 22.6 Å². The molecule has 2 heterocycles. The molecule has 1 aliphatic carbocycles. The Morgan fingerprint density at radius 2 is 1.51 bits per heavy atom. The molecule has 0 bridgehead atoms. The molecule has 2 amide bonds. The third-order valence-corrected chi connectivity index (χ3v) is 8.34. The highest BCUT2D eigenvalue weighted by Crippen LogP contribution is 2.56. The average molecular weight is 516 g/mol. The first-order chi connectivity index (χ1) is 19.0. The van der Waals surface area contributed by atoms with E-state index in [2.05, 4.69) is 0 Å². The van der Waals surface area contributed by atoms with E-state index in [9.17, 15) is 14.4 Å². The molecule has 0 unspecified atom stereocenters. The van der Waals surface area contributed by atoms with Gasteiger partial charge in [0.15, 0.2) is 0 Å². The van der Waals surface area contributed by atoms with Crippen molar-refractivity contribution in [3.63, 3.8) is 0 Å². The second-order valence-electron chi connectivity index (χ2n) is 10.3. The molecule has 0 aromatic heterocycles. The minimum atomic E-state index is -0.885. The Morgan fingerprint density at radius 1 is 0.795 bits per heavy atom. The number of aryl methyl sites for hydroxylation is 1. The Balaban J connectivity index is 1.47. The van der Waals surface area contributed by atoms with E-state index in [1.54, 1.807) is 13.2 Å². The van der Waals surface area contributed by atoms with Gasteiger partial charge in [-0.3, -0.25) is 14.4 Å². The molecular formula is C33H25NO5. The van der Waals surface area contributed by atoms with Crippen molar-refractivity contribution in [2.45, 2.75) is 12.8 Å². The summed E-state index contributed by atoms with van der Waals surface area (Å²) < 4.78 is 11.2. The van der Waals surface area contributed by atoms with Gasteiger partial charge in [0.25, 0.3) is 0 Å². The number of hydrogen-bond donors (Lipinski definition) is 0. The van der Waals surface area contributed by atoms with Gasteiger partial charge in [-0.2, -0.15) is 0 Å². The van der Waals surface area contributed by atoms with Crippen LogP contribution in [0.15, 0.2) is 91.0 Å². The maximum Gasteiger partial charge on any atom is 0.319 e. The number of ether oxygens (including phenoxy) is 2. The fraction of sp³-hybridized carbons (Fsp3) is 0.182. The number of anilines is 1. The number of methoxy groups -OCH3 is 1. The zero-order valence-electron chi connectivity index (χ0n) is 21.5. The zero-order chi connectivity index (χ0) is 26.8. The average Bonchev–Trinajstić information content (AvgIpc) is 3.22. The van der Waals surface area contributed by atoms with Gasteiger partial charge < -0.3 is 9.47 Å². The molecule has 7 rings (SSSR count). The predicted molar refractivity (Wildman–Crippen MR) is 147 cm³/mol. The van der Waals surface area contributed by atoms with Crippen LogP contribution in [0, 0.1) is 24.7 Å². The van der Waals surface area contributed by atoms with Gasteiger partial charge >= 0.3 is 5.97 Å². The van der Waals surface area contributed by atoms with Gasteiger partial charge in [0.2, 0.25) is 11.8 Å². The van der Waals surface area contributed by atoms with Crippen LogP contribution in [-0.2, 0) is 14.4 Å². The van der Waals surface area contributed by atoms with Crippen LogP contribution in [0.4, 0.5) is 5.69 Å². The van der Waals surface area contributed by atoms with E-state index in [0.717, 1.165) is 33.0 Å². The maximum absolute atomic E-state index is 14.2. The smallest absolute Gasteiger partial charge is 0.319 e. The molecule has 0 spiro atoms. The van der Waals surface area contributed by atoms with Gasteiger partial charge in [-0.25, -0.2) is 4.90 Å². The highest BCUT2D eigenvalue weighted by atomic mass is 16.5. The number of esters is 1. The molecule has 6 nitrogen and oxygen atoms in total. The lowest BCUT2D eigenvalue weighted by atomic mass is 9.64. The second-order valence-corrected chi connectivity index (χ2v) is 10.3. The number of rotatable bonds is 3. The summed E-state index contributed by atoms with van der Waals surface area (Å²) >= 11 is 0. The summed E-state index contributed by atoms with van der Waals surface area (Å²) in [4.78, 5) is 43.2. The number of amides is 2. The summed E-state index contributed by atoms with van der Waals surface area (Å²) in [5, 5.41) is 1.95. The standard InChI is InChI=1S/C33H25NO5/c1-18-7-3-6-10-25(18)34-31(35)28-23(20-11-14-21(38-2)15-12-20)17-24-27-22-9-5-4-8-19(22)13-16-26(27)39-33(37)29(24)30(28)32(34)36/h3-17,23,28-30H,1-2H3/t23-,28-,29-,30-/m0/s1. The predicted octanol–water partition coefficient (Wildman–Crippen LogP) is 5.68. The molecule has 1 fully saturated rings. The fourth-order valence-corrected chi connectivity index (χ4v) is 6.54. The first-order valence-corrected chi connectivity index (χ1v) is 13.0. The Morgan fingerprint density at radius 3 is 2.28 bits per heavy atom. The number of nitrogens with zero attached hydrogens (tertiary/aromatic N) is 1. The molecule has 0 N–H and O–H groups in total. The van der Waals surface area contributed by atoms with E-state index < -0.39 is 29.6 Å². The summed E-state index contributed by atoms with van der Waals surface area (Å²) in [7, 11) is 1.60. The molecule has 3 aliphatic rings. The first-order valence-electron chi connectivity index (χ1n) is 13.0. The number of allylic oxidation sites excluding steroid dienone is 1. The van der Waals surface area contributed by atoms with Crippen LogP contribution in [0.5, 0.6) is 11.5 Å². The molecule has 0 saturated carbocycles. The van der Waals surface area contributed by atoms with Crippen molar-refractivity contribution in [2.24, 2.45) is 17.8 Å². The zero-order valence-corrected chi connectivity index (χ0v) is 21.5. The normalized spacial score (nSPS) is 23.6. The first kappa shape index (κ1) is 23.4. The highest BCUT2D eigenvalue weighted by Gasteiger charge is 2.60. The quantitative estimate of drug-likeness (QED) is 0.199. The third-order valence-electron chi connectivity index (χ3n) is 8.34. The topological polar surface area (TPSA) is 72.9 Å². The Kier molecular flexibility index (Phi) is 5.20. The third kappa shape index (κ3) is 3.37. The largest absolute Gasteiger partial charge is 0.497 e. The number of imide groups is 1. The van der Waals surface area contributed by atoms with Crippen molar-refractivity contribution in [1.29, 1.82) is 0 Å². The highest BCUT2D eigenvalue weighted by molar-refractivity contribution is 6.25. The van der Waals surface area contributed by atoms with Crippen LogP contribution in [0.25, 0.3) is 16.3 Å². The summed E-state index contributed by atoms with van der Waals surface area (Å²) in [5.41, 5.74) is 3.80. The van der Waals surface area contributed by atoms with E-state index in [1.807, 2.05) is 91.9 Å². The van der Waals surface area contributed by atoms with E-state index >= 15 is 0 Å². The van der Waals surface area contributed by atoms with Crippen molar-refractivity contribution < 1.29 is 23.9 Å². The molecule has 4 atom stereocenters. The van der Waals surface area contributed by atoms with Crippen LogP contribution in [0.2, 0.25) is 0 Å². The summed E-state index contributed by atoms with van der Waals surface area (Å²) in [6, 6.07) is 26.6. The van der Waals surface area contributed by atoms with Crippen LogP contribution >= 0.6 is 0 Å². The molecule has 192 valence electrons. The monoisotopic (exact) mass is 515 g/mol. The molecule has 6 heteroatoms. The van der Waals surface area contributed by atoms with E-state index in [1.165, 1.54) is 4.90 Å². The van der Waals surface area contributed by atoms with Gasteiger partial charge in [-0.05, 0) is 58.7 Å². The number of carbonyl (C=O) groups excluding carboxylic acids is 3. The van der Waals surface area contributed by atoms with Crippen molar-refractivity contribution in [3.8, 4) is 11.5 Å². The molecule has 2 aliphatic heterocycles. The van der Waals surface area contributed by atoms with Crippen molar-refractivity contribution in [1.82, 2.24) is 0 Å². The summed E-state index contributed by atoms with van der Waals surface area (Å²) in [6.07, 6.45) is 2.02. The number of carbonyl (C=O) groups is 3. The molecule has 4 aromatic rings. The minimum absolute atomic E-state index is 0.299. The number of hydrogen-bond acceptors (Lipinski definition) is 5. The van der Waals surface area contributed by atoms with Gasteiger partial charge in [0, 0.05) is 11.5 Å². The Bertz CT molecular complexity index is 1720. The molecule has 0 radical (unpaired) electrons. The van der Waals surface area contributed by atoms with Gasteiger partial charge in [0.05, 0.1) is 30.6 Å². The minimum Gasteiger partial charge on any atom is -0.497 e.